The number of rotatable bonds is 4. The zero-order valence-corrected chi connectivity index (χ0v) is 33.4. The highest BCUT2D eigenvalue weighted by Crippen LogP contribution is 2.78. The van der Waals surface area contributed by atoms with Gasteiger partial charge in [-0.25, -0.2) is 4.98 Å². The highest BCUT2D eigenvalue weighted by Gasteiger charge is 2.70. The van der Waals surface area contributed by atoms with Gasteiger partial charge >= 0.3 is 0 Å². The Morgan fingerprint density at radius 3 is 2.30 bits per heavy atom. The van der Waals surface area contributed by atoms with Crippen molar-refractivity contribution in [3.63, 3.8) is 0 Å². The molecule has 3 aromatic heterocycles. The first kappa shape index (κ1) is 32.7. The molecule has 3 atom stereocenters. The summed E-state index contributed by atoms with van der Waals surface area (Å²) in [4.78, 5) is 4.88. The van der Waals surface area contributed by atoms with Gasteiger partial charge < -0.3 is 4.74 Å². The van der Waals surface area contributed by atoms with E-state index in [1.807, 2.05) is 12.3 Å². The molecule has 1 spiro atoms. The Labute approximate surface area is 347 Å². The van der Waals surface area contributed by atoms with Crippen LogP contribution < -0.4 is 9.30 Å². The number of ether oxygens (including phenoxy) is 1. The fourth-order valence-electron chi connectivity index (χ4n) is 11.8. The Balaban J connectivity index is 0.912. The summed E-state index contributed by atoms with van der Waals surface area (Å²) in [5, 5.41) is 2.35. The predicted molar refractivity (Wildman–Crippen MR) is 237 cm³/mol. The lowest BCUT2D eigenvalue weighted by Crippen LogP contribution is -2.53. The van der Waals surface area contributed by atoms with Crippen LogP contribution in [0.1, 0.15) is 71.6 Å². The van der Waals surface area contributed by atoms with Crippen molar-refractivity contribution in [3.05, 3.63) is 209 Å². The zero-order valence-electron chi connectivity index (χ0n) is 33.4. The van der Waals surface area contributed by atoms with Gasteiger partial charge in [-0.3, -0.25) is 13.7 Å². The molecule has 0 fully saturated rings. The Hall–Kier alpha value is -7.24. The molecule has 0 amide bonds. The van der Waals surface area contributed by atoms with Crippen molar-refractivity contribution in [2.75, 3.05) is 0 Å². The van der Waals surface area contributed by atoms with Gasteiger partial charge in [0.15, 0.2) is 0 Å². The van der Waals surface area contributed by atoms with Gasteiger partial charge in [0, 0.05) is 40.3 Å². The molecule has 4 heterocycles. The predicted octanol–water partition coefficient (Wildman–Crippen LogP) is 12.2. The number of pyridine rings is 1. The van der Waals surface area contributed by atoms with Gasteiger partial charge in [0.25, 0.3) is 6.33 Å². The molecular formula is C55H38N4O. The van der Waals surface area contributed by atoms with Crippen molar-refractivity contribution in [2.45, 2.75) is 43.4 Å². The molecule has 10 aromatic rings. The third-order valence-corrected chi connectivity index (χ3v) is 14.2. The number of nitrogens with zero attached hydrogens (tertiary/aromatic N) is 4. The second kappa shape index (κ2) is 11.1. The molecule has 60 heavy (non-hydrogen) atoms. The molecule has 0 bridgehead atoms. The minimum absolute atomic E-state index is 0.00326. The molecule has 0 saturated carbocycles. The Morgan fingerprint density at radius 1 is 0.617 bits per heavy atom. The monoisotopic (exact) mass is 770 g/mol. The number of hydrogen-bond acceptors (Lipinski definition) is 2. The number of aromatic nitrogens is 4. The second-order valence-electron chi connectivity index (χ2n) is 18.1. The molecule has 5 heteroatoms. The van der Waals surface area contributed by atoms with Gasteiger partial charge in [-0.15, -0.1) is 0 Å². The van der Waals surface area contributed by atoms with Crippen molar-refractivity contribution in [1.82, 2.24) is 14.1 Å². The average Bonchev–Trinajstić information content (AvgIpc) is 3.87. The fraction of sp³-hybridized carbons (Fsp3) is 0.127. The maximum atomic E-state index is 6.77. The number of imidazole rings is 1. The Bertz CT molecular complexity index is 3540. The molecule has 1 aliphatic heterocycles. The van der Waals surface area contributed by atoms with Crippen LogP contribution in [0.5, 0.6) is 11.5 Å². The van der Waals surface area contributed by atoms with E-state index in [2.05, 4.69) is 192 Å². The van der Waals surface area contributed by atoms with Gasteiger partial charge in [-0.05, 0) is 110 Å². The molecule has 3 unspecified atom stereocenters. The third-order valence-electron chi connectivity index (χ3n) is 14.2. The van der Waals surface area contributed by atoms with Crippen LogP contribution in [-0.4, -0.2) is 14.1 Å². The molecule has 4 aliphatic rings. The topological polar surface area (TPSA) is 35.9 Å². The van der Waals surface area contributed by atoms with Gasteiger partial charge in [0.1, 0.15) is 17.3 Å². The summed E-state index contributed by atoms with van der Waals surface area (Å²) in [6.45, 7) is 6.73. The Kier molecular flexibility index (Phi) is 6.03. The van der Waals surface area contributed by atoms with E-state index in [1.54, 1.807) is 0 Å². The molecular weight excluding hydrogens is 733 g/mol. The van der Waals surface area contributed by atoms with Crippen LogP contribution in [0, 0.1) is 6.33 Å². The summed E-state index contributed by atoms with van der Waals surface area (Å²) >= 11 is 0. The van der Waals surface area contributed by atoms with Gasteiger partial charge in [-0.1, -0.05) is 118 Å². The van der Waals surface area contributed by atoms with Gasteiger partial charge in [0.05, 0.1) is 33.4 Å². The first-order chi connectivity index (χ1) is 29.4. The molecule has 14 rings (SSSR count). The quantitative estimate of drug-likeness (QED) is 0.132. The molecule has 284 valence electrons. The number of para-hydroxylation sites is 2. The van der Waals surface area contributed by atoms with E-state index < -0.39 is 0 Å². The van der Waals surface area contributed by atoms with E-state index in [0.29, 0.717) is 11.8 Å². The molecule has 0 saturated heterocycles. The second-order valence-corrected chi connectivity index (χ2v) is 18.1. The largest absolute Gasteiger partial charge is 0.458 e. The molecule has 0 radical (unpaired) electrons. The van der Waals surface area contributed by atoms with Crippen LogP contribution >= 0.6 is 0 Å². The standard InChI is InChI=1S/C55H38N4O/c1-54(2,3)32-26-27-56-48(28-32)59-44-21-7-5-14-36(44)37-25-24-35(30-47(37)59)60-34-13-8-12-33(29-34)57-31-58-45-22-11-18-41-50(45)52-49-38(39-17-10-23-46(57)53(39)58)16-9-20-43(49)55(52)42-19-6-4-15-40(42)51(41)55/h4-30,51-52H,1-3H3. The first-order valence-electron chi connectivity index (χ1n) is 21.0. The zero-order chi connectivity index (χ0) is 39.6. The van der Waals surface area contributed by atoms with Gasteiger partial charge in [0.2, 0.25) is 0 Å². The van der Waals surface area contributed by atoms with Crippen molar-refractivity contribution in [3.8, 4) is 39.8 Å². The lowest BCUT2D eigenvalue weighted by atomic mass is 9.42. The van der Waals surface area contributed by atoms with E-state index in [0.717, 1.165) is 44.9 Å². The van der Waals surface area contributed by atoms with Crippen molar-refractivity contribution >= 4 is 32.8 Å². The van der Waals surface area contributed by atoms with Gasteiger partial charge in [-0.2, -0.15) is 0 Å². The van der Waals surface area contributed by atoms with Crippen LogP contribution in [0.2, 0.25) is 0 Å². The maximum Gasteiger partial charge on any atom is 0.269 e. The van der Waals surface area contributed by atoms with Crippen LogP contribution in [0.15, 0.2) is 164 Å². The van der Waals surface area contributed by atoms with E-state index in [4.69, 9.17) is 9.72 Å². The van der Waals surface area contributed by atoms with E-state index in [9.17, 15) is 0 Å². The van der Waals surface area contributed by atoms with Crippen LogP contribution in [0.25, 0.3) is 61.2 Å². The smallest absolute Gasteiger partial charge is 0.269 e. The lowest BCUT2D eigenvalue weighted by Gasteiger charge is -2.59. The minimum Gasteiger partial charge on any atom is -0.458 e. The van der Waals surface area contributed by atoms with E-state index in [1.165, 1.54) is 66.7 Å². The number of fused-ring (bicyclic) bond motifs is 8. The lowest BCUT2D eigenvalue weighted by molar-refractivity contribution is -0.572. The number of benzene rings is 7. The molecule has 5 nitrogen and oxygen atoms in total. The Morgan fingerprint density at radius 2 is 1.37 bits per heavy atom. The summed E-state index contributed by atoms with van der Waals surface area (Å²) in [6, 6.07) is 57.6. The summed E-state index contributed by atoms with van der Waals surface area (Å²) in [5.41, 5.74) is 19.4. The summed E-state index contributed by atoms with van der Waals surface area (Å²) in [5.74, 6) is 3.11. The molecule has 0 N–H and O–H groups in total. The maximum absolute atomic E-state index is 6.77. The van der Waals surface area contributed by atoms with Crippen molar-refractivity contribution in [1.29, 1.82) is 0 Å². The summed E-state index contributed by atoms with van der Waals surface area (Å²) < 4.78 is 13.6. The van der Waals surface area contributed by atoms with Crippen molar-refractivity contribution in [2.24, 2.45) is 0 Å². The van der Waals surface area contributed by atoms with Crippen molar-refractivity contribution < 1.29 is 9.30 Å². The SMILES string of the molecule is CC(C)(C)c1ccnc(-n2c3ccccc3c3ccc(Oc4cccc(-n5[c-][n+]6c7c(cccc75)-c5cccc7c5C5c8c(cccc8-6)C6c8ccccc8C765)c4)cc32)c1. The summed E-state index contributed by atoms with van der Waals surface area (Å²) in [6.07, 6.45) is 5.82. The normalized spacial score (nSPS) is 18.6. The van der Waals surface area contributed by atoms with E-state index in [-0.39, 0.29) is 10.8 Å². The summed E-state index contributed by atoms with van der Waals surface area (Å²) in [7, 11) is 0. The number of hydrogen-bond donors (Lipinski definition) is 0. The van der Waals surface area contributed by atoms with Crippen LogP contribution in [0.3, 0.4) is 0 Å². The fourth-order valence-corrected chi connectivity index (χ4v) is 11.8. The minimum atomic E-state index is -0.00326. The van der Waals surface area contributed by atoms with Crippen LogP contribution in [-0.2, 0) is 10.8 Å². The third kappa shape index (κ3) is 3.89. The average molecular weight is 771 g/mol. The molecule has 3 aliphatic carbocycles. The van der Waals surface area contributed by atoms with E-state index >= 15 is 0 Å². The van der Waals surface area contributed by atoms with Crippen LogP contribution in [0.4, 0.5) is 0 Å². The highest BCUT2D eigenvalue weighted by molar-refractivity contribution is 6.09. The highest BCUT2D eigenvalue weighted by atomic mass is 16.5. The molecule has 7 aromatic carbocycles. The first-order valence-corrected chi connectivity index (χ1v) is 21.0.